The van der Waals surface area contributed by atoms with Crippen LogP contribution in [0, 0.1) is 17.0 Å². The van der Waals surface area contributed by atoms with Crippen LogP contribution in [0.1, 0.15) is 26.3 Å². The third kappa shape index (κ3) is 6.16. The van der Waals surface area contributed by atoms with Crippen LogP contribution >= 0.6 is 0 Å². The first-order chi connectivity index (χ1) is 17.6. The fourth-order valence-corrected chi connectivity index (χ4v) is 6.49. The zero-order valence-corrected chi connectivity index (χ0v) is 22.8. The topological polar surface area (TPSA) is 124 Å². The molecule has 4 aromatic rings. The van der Waals surface area contributed by atoms with Crippen molar-refractivity contribution in [3.63, 3.8) is 0 Å². The third-order valence-electron chi connectivity index (χ3n) is 5.88. The van der Waals surface area contributed by atoms with Gasteiger partial charge in [0.15, 0.2) is 23.1 Å². The summed E-state index contributed by atoms with van der Waals surface area (Å²) in [6.07, 6.45) is 4.10. The highest BCUT2D eigenvalue weighted by Crippen LogP contribution is 2.32. The molecule has 9 nitrogen and oxygen atoms in total. The van der Waals surface area contributed by atoms with Crippen LogP contribution in [0.15, 0.2) is 55.0 Å². The van der Waals surface area contributed by atoms with Gasteiger partial charge in [0.05, 0.1) is 23.9 Å². The zero-order valence-electron chi connectivity index (χ0n) is 21.2. The fourth-order valence-electron chi connectivity index (χ4n) is 3.87. The second kappa shape index (κ2) is 10.0. The van der Waals surface area contributed by atoms with Gasteiger partial charge in [-0.05, 0) is 17.0 Å². The SMILES string of the molecule is CC(C)(C)[C@@H](CS(C)(=O)=O)Nc1nc(-c2cn(S(=O)(=O)Cc3ccccc3)c3ncc(F)cc23)ncc1F. The Hall–Kier alpha value is -3.45. The molecule has 0 spiro atoms. The van der Waals surface area contributed by atoms with Crippen LogP contribution < -0.4 is 5.32 Å². The summed E-state index contributed by atoms with van der Waals surface area (Å²) in [4.78, 5) is 12.2. The lowest BCUT2D eigenvalue weighted by molar-refractivity contribution is 0.358. The lowest BCUT2D eigenvalue weighted by Gasteiger charge is -2.31. The molecular weight excluding hydrogens is 536 g/mol. The summed E-state index contributed by atoms with van der Waals surface area (Å²) in [6.45, 7) is 5.40. The van der Waals surface area contributed by atoms with Crippen molar-refractivity contribution in [2.75, 3.05) is 17.3 Å². The molecule has 13 heteroatoms. The van der Waals surface area contributed by atoms with E-state index in [0.29, 0.717) is 5.56 Å². The molecule has 202 valence electrons. The Morgan fingerprint density at radius 2 is 1.71 bits per heavy atom. The van der Waals surface area contributed by atoms with E-state index in [4.69, 9.17) is 0 Å². The van der Waals surface area contributed by atoms with E-state index in [1.54, 1.807) is 51.1 Å². The first-order valence-corrected chi connectivity index (χ1v) is 15.2. The Balaban J connectivity index is 1.82. The maximum Gasteiger partial charge on any atom is 0.244 e. The van der Waals surface area contributed by atoms with Gasteiger partial charge in [-0.25, -0.2) is 44.5 Å². The van der Waals surface area contributed by atoms with E-state index >= 15 is 0 Å². The van der Waals surface area contributed by atoms with Gasteiger partial charge in [-0.3, -0.25) is 0 Å². The van der Waals surface area contributed by atoms with Gasteiger partial charge in [-0.2, -0.15) is 0 Å². The first-order valence-electron chi connectivity index (χ1n) is 11.5. The van der Waals surface area contributed by atoms with Crippen LogP contribution in [0.25, 0.3) is 22.4 Å². The highest BCUT2D eigenvalue weighted by Gasteiger charge is 2.30. The van der Waals surface area contributed by atoms with Gasteiger partial charge < -0.3 is 5.32 Å². The number of anilines is 1. The van der Waals surface area contributed by atoms with E-state index in [1.165, 1.54) is 6.20 Å². The zero-order chi connectivity index (χ0) is 27.9. The number of aromatic nitrogens is 4. The number of halogens is 2. The molecule has 1 atom stereocenters. The van der Waals surface area contributed by atoms with Crippen molar-refractivity contribution in [1.82, 2.24) is 18.9 Å². The number of sulfone groups is 1. The van der Waals surface area contributed by atoms with E-state index in [9.17, 15) is 25.6 Å². The summed E-state index contributed by atoms with van der Waals surface area (Å²) < 4.78 is 80.5. The first kappa shape index (κ1) is 27.6. The van der Waals surface area contributed by atoms with Crippen molar-refractivity contribution in [3.8, 4) is 11.4 Å². The Bertz CT molecular complexity index is 1700. The van der Waals surface area contributed by atoms with Crippen LogP contribution in [-0.4, -0.2) is 53.8 Å². The minimum absolute atomic E-state index is 0.0376. The molecule has 0 radical (unpaired) electrons. The highest BCUT2D eigenvalue weighted by atomic mass is 32.2. The summed E-state index contributed by atoms with van der Waals surface area (Å²) in [5.41, 5.74) is 0.0306. The van der Waals surface area contributed by atoms with Crippen LogP contribution in [0.4, 0.5) is 14.6 Å². The maximum atomic E-state index is 14.8. The molecule has 0 aliphatic heterocycles. The minimum Gasteiger partial charge on any atom is -0.363 e. The number of nitrogens with one attached hydrogen (secondary N) is 1. The summed E-state index contributed by atoms with van der Waals surface area (Å²) in [5, 5.41) is 2.98. The molecule has 0 unspecified atom stereocenters. The Morgan fingerprint density at radius 1 is 1.03 bits per heavy atom. The molecule has 3 heterocycles. The smallest absolute Gasteiger partial charge is 0.244 e. The van der Waals surface area contributed by atoms with E-state index in [1.807, 2.05) is 0 Å². The lowest BCUT2D eigenvalue weighted by Crippen LogP contribution is -2.40. The van der Waals surface area contributed by atoms with Gasteiger partial charge in [0.25, 0.3) is 0 Å². The van der Waals surface area contributed by atoms with Crippen molar-refractivity contribution in [2.24, 2.45) is 5.41 Å². The van der Waals surface area contributed by atoms with Crippen LogP contribution in [0.2, 0.25) is 0 Å². The van der Waals surface area contributed by atoms with Gasteiger partial charge in [0, 0.05) is 29.4 Å². The normalized spacial score (nSPS) is 13.5. The van der Waals surface area contributed by atoms with Gasteiger partial charge >= 0.3 is 0 Å². The molecule has 0 aliphatic carbocycles. The van der Waals surface area contributed by atoms with E-state index in [0.717, 1.165) is 28.7 Å². The molecule has 0 saturated heterocycles. The quantitative estimate of drug-likeness (QED) is 0.341. The van der Waals surface area contributed by atoms with Gasteiger partial charge in [0.2, 0.25) is 10.0 Å². The largest absolute Gasteiger partial charge is 0.363 e. The Labute approximate surface area is 219 Å². The molecule has 1 aromatic carbocycles. The monoisotopic (exact) mass is 563 g/mol. The number of fused-ring (bicyclic) bond motifs is 1. The summed E-state index contributed by atoms with van der Waals surface area (Å²) in [6, 6.07) is 8.93. The van der Waals surface area contributed by atoms with Crippen molar-refractivity contribution < 1.29 is 25.6 Å². The highest BCUT2D eigenvalue weighted by molar-refractivity contribution is 7.90. The lowest BCUT2D eigenvalue weighted by atomic mass is 9.88. The van der Waals surface area contributed by atoms with Gasteiger partial charge in [0.1, 0.15) is 15.7 Å². The van der Waals surface area contributed by atoms with E-state index in [2.05, 4.69) is 20.3 Å². The van der Waals surface area contributed by atoms with Crippen LogP contribution in [0.3, 0.4) is 0 Å². The second-order valence-electron chi connectivity index (χ2n) is 10.2. The summed E-state index contributed by atoms with van der Waals surface area (Å²) >= 11 is 0. The Morgan fingerprint density at radius 3 is 2.34 bits per heavy atom. The molecule has 3 aromatic heterocycles. The maximum absolute atomic E-state index is 14.8. The molecule has 0 fully saturated rings. The molecule has 0 saturated carbocycles. The predicted octanol–water partition coefficient (Wildman–Crippen LogP) is 4.02. The van der Waals surface area contributed by atoms with E-state index < -0.39 is 43.0 Å². The molecule has 0 bridgehead atoms. The molecule has 38 heavy (non-hydrogen) atoms. The number of rotatable bonds is 8. The number of pyridine rings is 1. The Kier molecular flexibility index (Phi) is 7.28. The average molecular weight is 564 g/mol. The van der Waals surface area contributed by atoms with Gasteiger partial charge in [-0.15, -0.1) is 0 Å². The van der Waals surface area contributed by atoms with Crippen molar-refractivity contribution in [2.45, 2.75) is 32.6 Å². The van der Waals surface area contributed by atoms with Crippen LogP contribution in [0.5, 0.6) is 0 Å². The minimum atomic E-state index is -4.00. The molecular formula is C25H27F2N5O4S2. The molecule has 0 aliphatic rings. The summed E-state index contributed by atoms with van der Waals surface area (Å²) in [7, 11) is -7.42. The average Bonchev–Trinajstić information content (AvgIpc) is 3.18. The molecule has 4 rings (SSSR count). The second-order valence-corrected chi connectivity index (χ2v) is 14.2. The van der Waals surface area contributed by atoms with Crippen molar-refractivity contribution in [1.29, 1.82) is 0 Å². The predicted molar refractivity (Wildman–Crippen MR) is 142 cm³/mol. The van der Waals surface area contributed by atoms with Crippen molar-refractivity contribution in [3.05, 3.63) is 72.2 Å². The number of hydrogen-bond acceptors (Lipinski definition) is 8. The van der Waals surface area contributed by atoms with E-state index in [-0.39, 0.29) is 39.7 Å². The summed E-state index contributed by atoms with van der Waals surface area (Å²) in [5.74, 6) is -2.52. The third-order valence-corrected chi connectivity index (χ3v) is 8.40. The number of nitrogens with zero attached hydrogens (tertiary/aromatic N) is 4. The van der Waals surface area contributed by atoms with Crippen LogP contribution in [-0.2, 0) is 25.6 Å². The molecule has 1 N–H and O–H groups in total. The fraction of sp³-hybridized carbons (Fsp3) is 0.320. The van der Waals surface area contributed by atoms with Crippen molar-refractivity contribution >= 4 is 36.7 Å². The number of hydrogen-bond donors (Lipinski definition) is 1. The standard InChI is InChI=1S/C25H27F2N5O4S2/c1-25(2,3)21(15-37(4,33)34)30-23-20(27)12-28-22(31-23)19-13-32(24-18(19)10-17(26)11-29-24)38(35,36)14-16-8-6-5-7-9-16/h5-13,21H,14-15H2,1-4H3,(H,28,30,31)/t21-/m1/s1. The van der Waals surface area contributed by atoms with Gasteiger partial charge in [-0.1, -0.05) is 51.1 Å². The number of benzene rings is 1. The molecule has 0 amide bonds.